The molecule has 2 N–H and O–H groups in total. The van der Waals surface area contributed by atoms with Crippen molar-refractivity contribution in [1.29, 1.82) is 0 Å². The number of carboxylic acids is 1. The molecule has 1 fully saturated rings. The second-order valence-electron chi connectivity index (χ2n) is 4.88. The summed E-state index contributed by atoms with van der Waals surface area (Å²) in [7, 11) is 0. The summed E-state index contributed by atoms with van der Waals surface area (Å²) < 4.78 is 0. The molecular formula is C14H17ClN2O3S. The summed E-state index contributed by atoms with van der Waals surface area (Å²) >= 11 is 7.77. The molecule has 5 nitrogen and oxygen atoms in total. The second-order valence-corrected chi connectivity index (χ2v) is 6.44. The minimum Gasteiger partial charge on any atom is -0.481 e. The summed E-state index contributed by atoms with van der Waals surface area (Å²) in [6, 6.07) is 4.81. The maximum atomic E-state index is 12.4. The maximum Gasteiger partial charge on any atom is 0.322 e. The maximum absolute atomic E-state index is 12.4. The van der Waals surface area contributed by atoms with E-state index in [9.17, 15) is 9.59 Å². The van der Waals surface area contributed by atoms with Crippen molar-refractivity contribution in [2.24, 2.45) is 0 Å². The van der Waals surface area contributed by atoms with Crippen LogP contribution in [0, 0.1) is 6.92 Å². The largest absolute Gasteiger partial charge is 0.481 e. The molecule has 1 aliphatic rings. The molecule has 114 valence electrons. The van der Waals surface area contributed by atoms with Crippen molar-refractivity contribution in [3.8, 4) is 0 Å². The number of carbonyl (C=O) groups excluding carboxylic acids is 1. The van der Waals surface area contributed by atoms with Gasteiger partial charge in [0.05, 0.1) is 23.2 Å². The van der Waals surface area contributed by atoms with Gasteiger partial charge in [-0.3, -0.25) is 4.79 Å². The molecule has 0 saturated carbocycles. The third-order valence-electron chi connectivity index (χ3n) is 3.35. The van der Waals surface area contributed by atoms with E-state index in [4.69, 9.17) is 16.7 Å². The standard InChI is InChI=1S/C14H17ClN2O3S/c1-9-3-2-4-11(15)13(9)16-14(20)17-5-6-21-8-10(17)7-12(18)19/h2-4,10H,5-8H2,1H3,(H,16,20)(H,18,19). The van der Waals surface area contributed by atoms with Gasteiger partial charge in [0.15, 0.2) is 0 Å². The van der Waals surface area contributed by atoms with Crippen molar-refractivity contribution in [3.05, 3.63) is 28.8 Å². The highest BCUT2D eigenvalue weighted by Crippen LogP contribution is 2.27. The number of anilines is 1. The van der Waals surface area contributed by atoms with Crippen LogP contribution in [0.15, 0.2) is 18.2 Å². The van der Waals surface area contributed by atoms with Gasteiger partial charge in [-0.2, -0.15) is 11.8 Å². The van der Waals surface area contributed by atoms with E-state index in [-0.39, 0.29) is 18.5 Å². The molecule has 0 aromatic heterocycles. The molecule has 2 amide bonds. The number of rotatable bonds is 3. The predicted octanol–water partition coefficient (Wildman–Crippen LogP) is 3.07. The fourth-order valence-electron chi connectivity index (χ4n) is 2.26. The molecule has 1 atom stereocenters. The Kier molecular flexibility index (Phi) is 5.36. The van der Waals surface area contributed by atoms with Crippen molar-refractivity contribution < 1.29 is 14.7 Å². The third kappa shape index (κ3) is 4.04. The Labute approximate surface area is 132 Å². The lowest BCUT2D eigenvalue weighted by Gasteiger charge is -2.34. The van der Waals surface area contributed by atoms with Gasteiger partial charge in [-0.25, -0.2) is 4.79 Å². The van der Waals surface area contributed by atoms with Crippen molar-refractivity contribution in [2.45, 2.75) is 19.4 Å². The molecule has 7 heteroatoms. The number of nitrogens with zero attached hydrogens (tertiary/aromatic N) is 1. The van der Waals surface area contributed by atoms with E-state index in [2.05, 4.69) is 5.32 Å². The number of hydrogen-bond acceptors (Lipinski definition) is 3. The first-order valence-corrected chi connectivity index (χ1v) is 8.14. The van der Waals surface area contributed by atoms with Crippen LogP contribution < -0.4 is 5.32 Å². The Morgan fingerprint density at radius 2 is 2.29 bits per heavy atom. The molecule has 1 aromatic rings. The number of aliphatic carboxylic acids is 1. The number of aryl methyl sites for hydroxylation is 1. The Morgan fingerprint density at radius 1 is 1.52 bits per heavy atom. The average Bonchev–Trinajstić information content (AvgIpc) is 2.43. The van der Waals surface area contributed by atoms with E-state index < -0.39 is 5.97 Å². The molecule has 0 bridgehead atoms. The average molecular weight is 329 g/mol. The smallest absolute Gasteiger partial charge is 0.322 e. The summed E-state index contributed by atoms with van der Waals surface area (Å²) in [5.41, 5.74) is 1.45. The highest BCUT2D eigenvalue weighted by atomic mass is 35.5. The molecule has 1 saturated heterocycles. The monoisotopic (exact) mass is 328 g/mol. The lowest BCUT2D eigenvalue weighted by molar-refractivity contribution is -0.137. The summed E-state index contributed by atoms with van der Waals surface area (Å²) in [6.07, 6.45) is -0.0398. The van der Waals surface area contributed by atoms with Crippen LogP contribution in [0.2, 0.25) is 5.02 Å². The molecule has 1 aromatic carbocycles. The molecule has 1 heterocycles. The van der Waals surface area contributed by atoms with E-state index in [1.54, 1.807) is 22.7 Å². The van der Waals surface area contributed by atoms with Crippen molar-refractivity contribution >= 4 is 41.1 Å². The topological polar surface area (TPSA) is 69.6 Å². The molecule has 1 aliphatic heterocycles. The summed E-state index contributed by atoms with van der Waals surface area (Å²) in [5, 5.41) is 12.2. The van der Waals surface area contributed by atoms with Crippen LogP contribution in [0.4, 0.5) is 10.5 Å². The van der Waals surface area contributed by atoms with Crippen molar-refractivity contribution in [1.82, 2.24) is 4.90 Å². The number of urea groups is 1. The normalized spacial score (nSPS) is 18.4. The van der Waals surface area contributed by atoms with E-state index in [1.165, 1.54) is 0 Å². The summed E-state index contributed by atoms with van der Waals surface area (Å²) in [6.45, 7) is 2.40. The highest BCUT2D eigenvalue weighted by Gasteiger charge is 2.29. The van der Waals surface area contributed by atoms with E-state index in [0.29, 0.717) is 23.0 Å². The van der Waals surface area contributed by atoms with Crippen LogP contribution in [0.1, 0.15) is 12.0 Å². The van der Waals surface area contributed by atoms with Crippen LogP contribution in [0.3, 0.4) is 0 Å². The zero-order chi connectivity index (χ0) is 15.4. The quantitative estimate of drug-likeness (QED) is 0.894. The van der Waals surface area contributed by atoms with Crippen LogP contribution >= 0.6 is 23.4 Å². The van der Waals surface area contributed by atoms with Gasteiger partial charge in [0.1, 0.15) is 0 Å². The van der Waals surface area contributed by atoms with Crippen molar-refractivity contribution in [3.63, 3.8) is 0 Å². The van der Waals surface area contributed by atoms with Crippen LogP contribution in [0.25, 0.3) is 0 Å². The number of amides is 2. The summed E-state index contributed by atoms with van der Waals surface area (Å²) in [4.78, 5) is 24.9. The van der Waals surface area contributed by atoms with Gasteiger partial charge in [0.2, 0.25) is 0 Å². The summed E-state index contributed by atoms with van der Waals surface area (Å²) in [5.74, 6) is 0.556. The minimum absolute atomic E-state index is 0.0398. The molecule has 0 radical (unpaired) electrons. The Hall–Kier alpha value is -1.40. The molecule has 0 spiro atoms. The van der Waals surface area contributed by atoms with E-state index in [1.807, 2.05) is 19.1 Å². The van der Waals surface area contributed by atoms with Gasteiger partial charge in [-0.1, -0.05) is 23.7 Å². The van der Waals surface area contributed by atoms with Gasteiger partial charge in [0, 0.05) is 18.1 Å². The molecule has 1 unspecified atom stereocenters. The molecule has 21 heavy (non-hydrogen) atoms. The number of halogens is 1. The minimum atomic E-state index is -0.894. The molecule has 2 rings (SSSR count). The lowest BCUT2D eigenvalue weighted by Crippen LogP contribution is -2.49. The highest BCUT2D eigenvalue weighted by molar-refractivity contribution is 7.99. The second kappa shape index (κ2) is 7.04. The van der Waals surface area contributed by atoms with E-state index >= 15 is 0 Å². The first kappa shape index (κ1) is 16.0. The fourth-order valence-corrected chi connectivity index (χ4v) is 3.59. The van der Waals surface area contributed by atoms with Gasteiger partial charge >= 0.3 is 12.0 Å². The van der Waals surface area contributed by atoms with Crippen molar-refractivity contribution in [2.75, 3.05) is 23.4 Å². The SMILES string of the molecule is Cc1cccc(Cl)c1NC(=O)N1CCSCC1CC(=O)O. The van der Waals surface area contributed by atoms with E-state index in [0.717, 1.165) is 11.3 Å². The number of para-hydroxylation sites is 1. The Bertz CT molecular complexity index is 533. The number of thioether (sulfide) groups is 1. The third-order valence-corrected chi connectivity index (χ3v) is 4.76. The Balaban J connectivity index is 2.12. The van der Waals surface area contributed by atoms with Gasteiger partial charge in [0.25, 0.3) is 0 Å². The fraction of sp³-hybridized carbons (Fsp3) is 0.429. The van der Waals surface area contributed by atoms with Gasteiger partial charge in [-0.15, -0.1) is 0 Å². The van der Waals surface area contributed by atoms with Crippen LogP contribution in [0.5, 0.6) is 0 Å². The number of carbonyl (C=O) groups is 2. The Morgan fingerprint density at radius 3 is 2.95 bits per heavy atom. The van der Waals surface area contributed by atoms with Gasteiger partial charge in [-0.05, 0) is 18.6 Å². The van der Waals surface area contributed by atoms with Crippen LogP contribution in [-0.4, -0.2) is 46.1 Å². The van der Waals surface area contributed by atoms with Gasteiger partial charge < -0.3 is 15.3 Å². The van der Waals surface area contributed by atoms with Crippen LogP contribution in [-0.2, 0) is 4.79 Å². The zero-order valence-electron chi connectivity index (χ0n) is 11.6. The number of carboxylic acid groups (broad SMARTS) is 1. The number of nitrogens with one attached hydrogen (secondary N) is 1. The zero-order valence-corrected chi connectivity index (χ0v) is 13.2. The first-order valence-electron chi connectivity index (χ1n) is 6.61. The molecular weight excluding hydrogens is 312 g/mol. The first-order chi connectivity index (χ1) is 9.99. The number of benzene rings is 1. The number of hydrogen-bond donors (Lipinski definition) is 2. The molecule has 0 aliphatic carbocycles. The lowest BCUT2D eigenvalue weighted by atomic mass is 10.2. The predicted molar refractivity (Wildman–Crippen MR) is 85.3 cm³/mol.